The molecule has 8 heteroatoms. The van der Waals surface area contributed by atoms with Gasteiger partial charge < -0.3 is 15.2 Å². The smallest absolute Gasteiger partial charge is 0.251 e. The molecule has 0 saturated carbocycles. The highest BCUT2D eigenvalue weighted by Crippen LogP contribution is 2.26. The lowest BCUT2D eigenvalue weighted by atomic mass is 10.0. The molecular formula is C27H35N5O2S. The van der Waals surface area contributed by atoms with E-state index in [4.69, 9.17) is 0 Å². The minimum atomic E-state index is -0.308. The largest absolute Gasteiger partial charge is 0.342 e. The SMILES string of the molecule is CCc1cccc(C)c1NC(=O)CSc1nnc(C(NC(=O)c2cccc(C)c2)C(C)C)n1CC. The van der Waals surface area contributed by atoms with Gasteiger partial charge in [0.1, 0.15) is 0 Å². The fourth-order valence-electron chi connectivity index (χ4n) is 3.98. The first-order valence-corrected chi connectivity index (χ1v) is 13.0. The summed E-state index contributed by atoms with van der Waals surface area (Å²) in [7, 11) is 0. The van der Waals surface area contributed by atoms with Crippen LogP contribution in [-0.2, 0) is 17.8 Å². The number of carbonyl (C=O) groups excluding carboxylic acids is 2. The Hall–Kier alpha value is -3.13. The summed E-state index contributed by atoms with van der Waals surface area (Å²) in [5.74, 6) is 0.792. The molecule has 2 amide bonds. The molecule has 35 heavy (non-hydrogen) atoms. The molecule has 3 rings (SSSR count). The highest BCUT2D eigenvalue weighted by molar-refractivity contribution is 7.99. The van der Waals surface area contributed by atoms with Crippen molar-refractivity contribution in [2.75, 3.05) is 11.1 Å². The monoisotopic (exact) mass is 493 g/mol. The van der Waals surface area contributed by atoms with Crippen LogP contribution in [0.25, 0.3) is 0 Å². The maximum Gasteiger partial charge on any atom is 0.251 e. The third-order valence-electron chi connectivity index (χ3n) is 5.91. The molecular weight excluding hydrogens is 458 g/mol. The van der Waals surface area contributed by atoms with Crippen LogP contribution in [0.3, 0.4) is 0 Å². The van der Waals surface area contributed by atoms with Crippen LogP contribution in [0.1, 0.15) is 66.6 Å². The number of anilines is 1. The standard InChI is InChI=1S/C27H35N5O2S/c1-7-20-13-10-12-19(6)24(20)28-22(33)16-35-27-31-30-25(32(27)8-2)23(17(3)4)29-26(34)21-14-9-11-18(5)15-21/h9-15,17,23H,7-8,16H2,1-6H3,(H,28,33)(H,29,34). The molecule has 1 heterocycles. The number of nitrogens with zero attached hydrogens (tertiary/aromatic N) is 3. The van der Waals surface area contributed by atoms with Crippen LogP contribution >= 0.6 is 11.8 Å². The van der Waals surface area contributed by atoms with Crippen molar-refractivity contribution in [2.24, 2.45) is 5.92 Å². The zero-order valence-corrected chi connectivity index (χ0v) is 22.2. The lowest BCUT2D eigenvalue weighted by molar-refractivity contribution is -0.113. The van der Waals surface area contributed by atoms with Gasteiger partial charge in [-0.1, -0.05) is 68.4 Å². The second kappa shape index (κ2) is 12.0. The summed E-state index contributed by atoms with van der Waals surface area (Å²) in [6.07, 6.45) is 0.850. The van der Waals surface area contributed by atoms with Crippen molar-refractivity contribution >= 4 is 29.3 Å². The molecule has 2 aromatic carbocycles. The van der Waals surface area contributed by atoms with Crippen LogP contribution < -0.4 is 10.6 Å². The van der Waals surface area contributed by atoms with Gasteiger partial charge in [-0.05, 0) is 56.4 Å². The van der Waals surface area contributed by atoms with E-state index in [-0.39, 0.29) is 29.5 Å². The van der Waals surface area contributed by atoms with Crippen LogP contribution in [0.2, 0.25) is 0 Å². The number of hydrogen-bond acceptors (Lipinski definition) is 5. The van der Waals surface area contributed by atoms with E-state index in [1.54, 1.807) is 0 Å². The van der Waals surface area contributed by atoms with Crippen molar-refractivity contribution in [1.29, 1.82) is 0 Å². The molecule has 7 nitrogen and oxygen atoms in total. The fourth-order valence-corrected chi connectivity index (χ4v) is 4.79. The van der Waals surface area contributed by atoms with Gasteiger partial charge >= 0.3 is 0 Å². The molecule has 1 atom stereocenters. The Bertz CT molecular complexity index is 1190. The second-order valence-corrected chi connectivity index (χ2v) is 9.89. The van der Waals surface area contributed by atoms with E-state index in [1.165, 1.54) is 11.8 Å². The van der Waals surface area contributed by atoms with Gasteiger partial charge in [0.25, 0.3) is 5.91 Å². The van der Waals surface area contributed by atoms with Crippen molar-refractivity contribution in [3.63, 3.8) is 0 Å². The van der Waals surface area contributed by atoms with Gasteiger partial charge in [0, 0.05) is 17.8 Å². The van der Waals surface area contributed by atoms with E-state index in [9.17, 15) is 9.59 Å². The maximum absolute atomic E-state index is 12.9. The number of aryl methyl sites for hydroxylation is 3. The minimum absolute atomic E-state index is 0.0839. The van der Waals surface area contributed by atoms with Crippen LogP contribution in [0, 0.1) is 19.8 Å². The zero-order valence-electron chi connectivity index (χ0n) is 21.4. The summed E-state index contributed by atoms with van der Waals surface area (Å²) >= 11 is 1.35. The van der Waals surface area contributed by atoms with E-state index >= 15 is 0 Å². The third-order valence-corrected chi connectivity index (χ3v) is 6.88. The van der Waals surface area contributed by atoms with Gasteiger partial charge in [-0.2, -0.15) is 0 Å². The molecule has 0 spiro atoms. The number of para-hydroxylation sites is 1. The van der Waals surface area contributed by atoms with Crippen molar-refractivity contribution in [2.45, 2.75) is 65.7 Å². The molecule has 0 radical (unpaired) electrons. The summed E-state index contributed by atoms with van der Waals surface area (Å²) < 4.78 is 1.98. The lowest BCUT2D eigenvalue weighted by Crippen LogP contribution is -2.33. The first kappa shape index (κ1) is 26.5. The van der Waals surface area contributed by atoms with E-state index in [1.807, 2.05) is 81.7 Å². The molecule has 0 aliphatic rings. The van der Waals surface area contributed by atoms with Crippen LogP contribution in [0.15, 0.2) is 47.6 Å². The molecule has 0 bridgehead atoms. The molecule has 2 N–H and O–H groups in total. The number of aromatic nitrogens is 3. The summed E-state index contributed by atoms with van der Waals surface area (Å²) in [5, 5.41) is 15.6. The topological polar surface area (TPSA) is 88.9 Å². The second-order valence-electron chi connectivity index (χ2n) is 8.95. The first-order valence-electron chi connectivity index (χ1n) is 12.1. The highest BCUT2D eigenvalue weighted by atomic mass is 32.2. The van der Waals surface area contributed by atoms with E-state index < -0.39 is 0 Å². The number of benzene rings is 2. The average molecular weight is 494 g/mol. The summed E-state index contributed by atoms with van der Waals surface area (Å²) in [6.45, 7) is 12.8. The van der Waals surface area contributed by atoms with Gasteiger partial charge in [-0.25, -0.2) is 0 Å². The van der Waals surface area contributed by atoms with Crippen molar-refractivity contribution < 1.29 is 9.59 Å². The van der Waals surface area contributed by atoms with Gasteiger partial charge in [0.15, 0.2) is 11.0 Å². The highest BCUT2D eigenvalue weighted by Gasteiger charge is 2.26. The molecule has 0 aliphatic carbocycles. The van der Waals surface area contributed by atoms with Gasteiger partial charge in [-0.3, -0.25) is 9.59 Å². The number of hydrogen-bond donors (Lipinski definition) is 2. The van der Waals surface area contributed by atoms with Crippen LogP contribution in [0.4, 0.5) is 5.69 Å². The quantitative estimate of drug-likeness (QED) is 0.373. The van der Waals surface area contributed by atoms with Crippen molar-refractivity contribution in [3.8, 4) is 0 Å². The number of nitrogens with one attached hydrogen (secondary N) is 2. The first-order chi connectivity index (χ1) is 16.7. The zero-order chi connectivity index (χ0) is 25.5. The molecule has 1 unspecified atom stereocenters. The van der Waals surface area contributed by atoms with Crippen LogP contribution in [0.5, 0.6) is 0 Å². The molecule has 186 valence electrons. The normalized spacial score (nSPS) is 12.0. The van der Waals surface area contributed by atoms with Crippen molar-refractivity contribution in [3.05, 3.63) is 70.5 Å². The molecule has 3 aromatic rings. The Morgan fingerprint density at radius 3 is 2.46 bits per heavy atom. The minimum Gasteiger partial charge on any atom is -0.342 e. The van der Waals surface area contributed by atoms with Crippen LogP contribution in [-0.4, -0.2) is 32.3 Å². The Kier molecular flexibility index (Phi) is 9.09. The Morgan fingerprint density at radius 1 is 1.06 bits per heavy atom. The lowest BCUT2D eigenvalue weighted by Gasteiger charge is -2.22. The molecule has 1 aromatic heterocycles. The number of carbonyl (C=O) groups is 2. The van der Waals surface area contributed by atoms with Gasteiger partial charge in [-0.15, -0.1) is 10.2 Å². The number of amides is 2. The Labute approximate surface area is 212 Å². The number of thioether (sulfide) groups is 1. The number of rotatable bonds is 10. The molecule has 0 saturated heterocycles. The van der Waals surface area contributed by atoms with E-state index in [0.717, 1.165) is 28.8 Å². The third kappa shape index (κ3) is 6.51. The molecule has 0 fully saturated rings. The summed E-state index contributed by atoms with van der Waals surface area (Å²) in [5.41, 5.74) is 4.70. The summed E-state index contributed by atoms with van der Waals surface area (Å²) in [6, 6.07) is 13.3. The predicted octanol–water partition coefficient (Wildman–Crippen LogP) is 5.34. The summed E-state index contributed by atoms with van der Waals surface area (Å²) in [4.78, 5) is 25.7. The van der Waals surface area contributed by atoms with E-state index in [0.29, 0.717) is 23.1 Å². The van der Waals surface area contributed by atoms with Gasteiger partial charge in [0.2, 0.25) is 5.91 Å². The maximum atomic E-state index is 12.9. The van der Waals surface area contributed by atoms with Gasteiger partial charge in [0.05, 0.1) is 11.8 Å². The Morgan fingerprint density at radius 2 is 1.80 bits per heavy atom. The Balaban J connectivity index is 1.73. The molecule has 0 aliphatic heterocycles. The van der Waals surface area contributed by atoms with Crippen molar-refractivity contribution in [1.82, 2.24) is 20.1 Å². The fraction of sp³-hybridized carbons (Fsp3) is 0.407. The van der Waals surface area contributed by atoms with E-state index in [2.05, 4.69) is 27.8 Å². The predicted molar refractivity (Wildman–Crippen MR) is 142 cm³/mol. The average Bonchev–Trinajstić information content (AvgIpc) is 3.24.